The lowest BCUT2D eigenvalue weighted by Gasteiger charge is -2.31. The lowest BCUT2D eigenvalue weighted by molar-refractivity contribution is 0.0767. The van der Waals surface area contributed by atoms with Crippen LogP contribution in [0.5, 0.6) is 0 Å². The first kappa shape index (κ1) is 14.8. The molecule has 2 heterocycles. The SMILES string of the molecule is CCN(CC)C(=O)c1ccnc(N2CCCC(C)C2)n1. The van der Waals surface area contributed by atoms with E-state index in [0.29, 0.717) is 30.6 Å². The Balaban J connectivity index is 2.17. The van der Waals surface area contributed by atoms with Crippen LogP contribution in [0.1, 0.15) is 44.1 Å². The summed E-state index contributed by atoms with van der Waals surface area (Å²) in [5.41, 5.74) is 0.497. The molecule has 1 saturated heterocycles. The number of aromatic nitrogens is 2. The average molecular weight is 276 g/mol. The first-order valence-electron chi connectivity index (χ1n) is 7.53. The number of hydrogen-bond acceptors (Lipinski definition) is 4. The molecule has 1 fully saturated rings. The number of carbonyl (C=O) groups is 1. The molecule has 0 spiro atoms. The van der Waals surface area contributed by atoms with Gasteiger partial charge in [-0.15, -0.1) is 0 Å². The maximum absolute atomic E-state index is 12.3. The van der Waals surface area contributed by atoms with Crippen molar-refractivity contribution in [2.24, 2.45) is 5.92 Å². The molecule has 0 saturated carbocycles. The van der Waals surface area contributed by atoms with Crippen molar-refractivity contribution >= 4 is 11.9 Å². The summed E-state index contributed by atoms with van der Waals surface area (Å²) in [6.07, 6.45) is 4.12. The van der Waals surface area contributed by atoms with Crippen molar-refractivity contribution in [1.82, 2.24) is 14.9 Å². The number of hydrogen-bond donors (Lipinski definition) is 0. The Morgan fingerprint density at radius 2 is 2.20 bits per heavy atom. The third-order valence-corrected chi connectivity index (χ3v) is 3.85. The van der Waals surface area contributed by atoms with E-state index in [1.165, 1.54) is 12.8 Å². The summed E-state index contributed by atoms with van der Waals surface area (Å²) in [6, 6.07) is 1.71. The van der Waals surface area contributed by atoms with Crippen molar-refractivity contribution < 1.29 is 4.79 Å². The quantitative estimate of drug-likeness (QED) is 0.846. The minimum atomic E-state index is -0.0105. The van der Waals surface area contributed by atoms with Gasteiger partial charge in [0.25, 0.3) is 5.91 Å². The Labute approximate surface area is 121 Å². The molecule has 0 radical (unpaired) electrons. The van der Waals surface area contributed by atoms with Crippen LogP contribution in [0.4, 0.5) is 5.95 Å². The lowest BCUT2D eigenvalue weighted by Crippen LogP contribution is -2.36. The van der Waals surface area contributed by atoms with Crippen LogP contribution in [0.3, 0.4) is 0 Å². The van der Waals surface area contributed by atoms with E-state index in [4.69, 9.17) is 0 Å². The van der Waals surface area contributed by atoms with E-state index in [2.05, 4.69) is 21.8 Å². The molecule has 1 amide bonds. The summed E-state index contributed by atoms with van der Waals surface area (Å²) >= 11 is 0. The highest BCUT2D eigenvalue weighted by Crippen LogP contribution is 2.19. The molecule has 1 unspecified atom stereocenters. The van der Waals surface area contributed by atoms with Crippen molar-refractivity contribution in [3.8, 4) is 0 Å². The second-order valence-electron chi connectivity index (χ2n) is 5.41. The van der Waals surface area contributed by atoms with Crippen LogP contribution in [0, 0.1) is 5.92 Å². The van der Waals surface area contributed by atoms with Crippen molar-refractivity contribution in [1.29, 1.82) is 0 Å². The van der Waals surface area contributed by atoms with E-state index in [9.17, 15) is 4.79 Å². The highest BCUT2D eigenvalue weighted by atomic mass is 16.2. The highest BCUT2D eigenvalue weighted by molar-refractivity contribution is 5.92. The Bertz CT molecular complexity index is 459. The second kappa shape index (κ2) is 6.68. The van der Waals surface area contributed by atoms with Gasteiger partial charge in [0.05, 0.1) is 0 Å². The van der Waals surface area contributed by atoms with Gasteiger partial charge < -0.3 is 9.80 Å². The van der Waals surface area contributed by atoms with E-state index in [1.807, 2.05) is 13.8 Å². The van der Waals surface area contributed by atoms with Crippen LogP contribution in [0.25, 0.3) is 0 Å². The van der Waals surface area contributed by atoms with E-state index in [0.717, 1.165) is 13.1 Å². The van der Waals surface area contributed by atoms with Gasteiger partial charge in [0.1, 0.15) is 5.69 Å². The third kappa shape index (κ3) is 3.26. The number of piperidine rings is 1. The standard InChI is InChI=1S/C15H24N4O/c1-4-18(5-2)14(20)13-8-9-16-15(17-13)19-10-6-7-12(3)11-19/h8-9,12H,4-7,10-11H2,1-3H3. The molecule has 2 rings (SSSR count). The number of rotatable bonds is 4. The molecule has 1 aromatic heterocycles. The van der Waals surface area contributed by atoms with Gasteiger partial charge >= 0.3 is 0 Å². The minimum Gasteiger partial charge on any atom is -0.341 e. The van der Waals surface area contributed by atoms with Crippen molar-refractivity contribution in [2.45, 2.75) is 33.6 Å². The summed E-state index contributed by atoms with van der Waals surface area (Å²) in [4.78, 5) is 25.1. The predicted octanol–water partition coefficient (Wildman–Crippen LogP) is 2.19. The molecular weight excluding hydrogens is 252 g/mol. The van der Waals surface area contributed by atoms with Gasteiger partial charge in [-0.05, 0) is 38.7 Å². The molecule has 1 atom stereocenters. The van der Waals surface area contributed by atoms with Crippen molar-refractivity contribution in [3.05, 3.63) is 18.0 Å². The number of anilines is 1. The van der Waals surface area contributed by atoms with Gasteiger partial charge in [-0.25, -0.2) is 9.97 Å². The number of carbonyl (C=O) groups excluding carboxylic acids is 1. The molecule has 0 N–H and O–H groups in total. The van der Waals surface area contributed by atoms with Crippen LogP contribution < -0.4 is 4.90 Å². The van der Waals surface area contributed by atoms with E-state index in [-0.39, 0.29) is 5.91 Å². The van der Waals surface area contributed by atoms with E-state index >= 15 is 0 Å². The largest absolute Gasteiger partial charge is 0.341 e. The monoisotopic (exact) mass is 276 g/mol. The second-order valence-corrected chi connectivity index (χ2v) is 5.41. The van der Waals surface area contributed by atoms with Crippen LogP contribution in [-0.2, 0) is 0 Å². The van der Waals surface area contributed by atoms with Crippen LogP contribution in [-0.4, -0.2) is 47.0 Å². The molecule has 0 bridgehead atoms. The summed E-state index contributed by atoms with van der Waals surface area (Å²) in [6.45, 7) is 9.57. The maximum Gasteiger partial charge on any atom is 0.272 e. The Morgan fingerprint density at radius 3 is 2.85 bits per heavy atom. The van der Waals surface area contributed by atoms with Crippen molar-refractivity contribution in [3.63, 3.8) is 0 Å². The van der Waals surface area contributed by atoms with Gasteiger partial charge in [-0.3, -0.25) is 4.79 Å². The predicted molar refractivity (Wildman–Crippen MR) is 79.9 cm³/mol. The zero-order valence-electron chi connectivity index (χ0n) is 12.7. The smallest absolute Gasteiger partial charge is 0.272 e. The fourth-order valence-electron chi connectivity index (χ4n) is 2.66. The summed E-state index contributed by atoms with van der Waals surface area (Å²) in [7, 11) is 0. The fourth-order valence-corrected chi connectivity index (χ4v) is 2.66. The van der Waals surface area contributed by atoms with Gasteiger partial charge in [-0.2, -0.15) is 0 Å². The third-order valence-electron chi connectivity index (χ3n) is 3.85. The van der Waals surface area contributed by atoms with Crippen molar-refractivity contribution in [2.75, 3.05) is 31.1 Å². The first-order chi connectivity index (χ1) is 9.65. The van der Waals surface area contributed by atoms with Crippen LogP contribution in [0.15, 0.2) is 12.3 Å². The number of nitrogens with zero attached hydrogens (tertiary/aromatic N) is 4. The minimum absolute atomic E-state index is 0.0105. The fraction of sp³-hybridized carbons (Fsp3) is 0.667. The normalized spacial score (nSPS) is 18.9. The molecule has 1 aliphatic heterocycles. The summed E-state index contributed by atoms with van der Waals surface area (Å²) in [5, 5.41) is 0. The molecule has 1 aliphatic rings. The van der Waals surface area contributed by atoms with Gasteiger partial charge in [0, 0.05) is 32.4 Å². The summed E-state index contributed by atoms with van der Waals surface area (Å²) < 4.78 is 0. The van der Waals surface area contributed by atoms with Crippen LogP contribution >= 0.6 is 0 Å². The lowest BCUT2D eigenvalue weighted by atomic mass is 10.0. The Kier molecular flexibility index (Phi) is 4.93. The van der Waals surface area contributed by atoms with Crippen LogP contribution in [0.2, 0.25) is 0 Å². The topological polar surface area (TPSA) is 49.3 Å². The van der Waals surface area contributed by atoms with Gasteiger partial charge in [0.2, 0.25) is 5.95 Å². The Hall–Kier alpha value is -1.65. The molecule has 20 heavy (non-hydrogen) atoms. The molecule has 1 aromatic rings. The summed E-state index contributed by atoms with van der Waals surface area (Å²) in [5.74, 6) is 1.34. The number of amides is 1. The maximum atomic E-state index is 12.3. The van der Waals surface area contributed by atoms with E-state index in [1.54, 1.807) is 17.2 Å². The average Bonchev–Trinajstić information content (AvgIpc) is 2.48. The molecule has 110 valence electrons. The molecule has 5 nitrogen and oxygen atoms in total. The Morgan fingerprint density at radius 1 is 1.45 bits per heavy atom. The zero-order valence-corrected chi connectivity index (χ0v) is 12.7. The van der Waals surface area contributed by atoms with Gasteiger partial charge in [-0.1, -0.05) is 6.92 Å². The molecule has 0 aromatic carbocycles. The molecular formula is C15H24N4O. The molecule has 5 heteroatoms. The first-order valence-corrected chi connectivity index (χ1v) is 7.53. The van der Waals surface area contributed by atoms with E-state index < -0.39 is 0 Å². The van der Waals surface area contributed by atoms with Gasteiger partial charge in [0.15, 0.2) is 0 Å². The molecule has 0 aliphatic carbocycles. The zero-order chi connectivity index (χ0) is 14.5. The highest BCUT2D eigenvalue weighted by Gasteiger charge is 2.20.